The van der Waals surface area contributed by atoms with Crippen molar-refractivity contribution in [3.8, 4) is 0 Å². The number of hydrogen-bond acceptors (Lipinski definition) is 3. The van der Waals surface area contributed by atoms with Crippen LogP contribution >= 0.6 is 0 Å². The van der Waals surface area contributed by atoms with Crippen LogP contribution in [0, 0.1) is 5.82 Å². The number of nitrogens with one attached hydrogen (secondary N) is 1. The van der Waals surface area contributed by atoms with Gasteiger partial charge in [0, 0.05) is 50.3 Å². The minimum Gasteiger partial charge on any atom is -0.383 e. The molecule has 2 aromatic carbocycles. The Balaban J connectivity index is 1.76. The predicted octanol–water partition coefficient (Wildman–Crippen LogP) is 3.76. The molecule has 0 aliphatic heterocycles. The highest BCUT2D eigenvalue weighted by atomic mass is 19.1. The number of aromatic nitrogens is 1. The summed E-state index contributed by atoms with van der Waals surface area (Å²) >= 11 is 0. The zero-order chi connectivity index (χ0) is 22.9. The highest BCUT2D eigenvalue weighted by molar-refractivity contribution is 5.85. The van der Waals surface area contributed by atoms with Gasteiger partial charge in [0.05, 0.1) is 13.2 Å². The van der Waals surface area contributed by atoms with E-state index in [1.54, 1.807) is 31.1 Å². The molecule has 3 rings (SSSR count). The highest BCUT2D eigenvalue weighted by Crippen LogP contribution is 2.19. The number of fused-ring (bicyclic) bond motifs is 1. The molecule has 170 valence electrons. The summed E-state index contributed by atoms with van der Waals surface area (Å²) in [6.07, 6.45) is 2.96. The van der Waals surface area contributed by atoms with Crippen molar-refractivity contribution in [1.29, 1.82) is 0 Å². The second kappa shape index (κ2) is 11.4. The van der Waals surface area contributed by atoms with Crippen LogP contribution in [0.4, 0.5) is 4.39 Å². The Morgan fingerprint density at radius 1 is 1.00 bits per heavy atom. The Kier molecular flexibility index (Phi) is 8.39. The van der Waals surface area contributed by atoms with Gasteiger partial charge in [-0.15, -0.1) is 0 Å². The molecule has 1 heterocycles. The molecule has 2 amide bonds. The number of para-hydroxylation sites is 1. The minimum atomic E-state index is -0.315. The number of nitrogens with zero attached hydrogens (tertiary/aromatic N) is 2. The molecule has 32 heavy (non-hydrogen) atoms. The van der Waals surface area contributed by atoms with Crippen LogP contribution < -0.4 is 0 Å². The van der Waals surface area contributed by atoms with Gasteiger partial charge in [-0.3, -0.25) is 9.59 Å². The third-order valence-electron chi connectivity index (χ3n) is 5.51. The van der Waals surface area contributed by atoms with Crippen LogP contribution in [0.1, 0.15) is 24.5 Å². The van der Waals surface area contributed by atoms with E-state index in [1.165, 1.54) is 17.0 Å². The topological polar surface area (TPSA) is 65.6 Å². The lowest BCUT2D eigenvalue weighted by Crippen LogP contribution is -2.44. The number of ether oxygens (including phenoxy) is 1. The van der Waals surface area contributed by atoms with E-state index in [1.807, 2.05) is 24.4 Å². The number of carbonyl (C=O) groups excluding carboxylic acids is 2. The van der Waals surface area contributed by atoms with Crippen molar-refractivity contribution in [2.45, 2.75) is 26.3 Å². The fourth-order valence-electron chi connectivity index (χ4n) is 3.68. The summed E-state index contributed by atoms with van der Waals surface area (Å²) in [5.41, 5.74) is 3.01. The molecule has 3 aromatic rings. The molecular formula is C25H30FN3O3. The van der Waals surface area contributed by atoms with Gasteiger partial charge in [-0.25, -0.2) is 4.39 Å². The molecule has 0 bridgehead atoms. The Labute approximate surface area is 188 Å². The van der Waals surface area contributed by atoms with Crippen LogP contribution in [-0.2, 0) is 27.3 Å². The van der Waals surface area contributed by atoms with E-state index in [4.69, 9.17) is 4.74 Å². The van der Waals surface area contributed by atoms with E-state index in [-0.39, 0.29) is 24.2 Å². The maximum absolute atomic E-state index is 13.3. The van der Waals surface area contributed by atoms with Crippen molar-refractivity contribution in [3.63, 3.8) is 0 Å². The van der Waals surface area contributed by atoms with Gasteiger partial charge in [0.15, 0.2) is 0 Å². The number of benzene rings is 2. The zero-order valence-corrected chi connectivity index (χ0v) is 18.6. The van der Waals surface area contributed by atoms with Gasteiger partial charge >= 0.3 is 0 Å². The van der Waals surface area contributed by atoms with E-state index < -0.39 is 0 Å². The van der Waals surface area contributed by atoms with Crippen molar-refractivity contribution < 1.29 is 18.7 Å². The largest absolute Gasteiger partial charge is 0.383 e. The number of rotatable bonds is 11. The first-order valence-corrected chi connectivity index (χ1v) is 10.9. The lowest BCUT2D eigenvalue weighted by molar-refractivity contribution is -0.141. The highest BCUT2D eigenvalue weighted by Gasteiger charge is 2.21. The molecule has 0 spiro atoms. The van der Waals surface area contributed by atoms with Crippen LogP contribution in [0.3, 0.4) is 0 Å². The van der Waals surface area contributed by atoms with Crippen molar-refractivity contribution in [3.05, 3.63) is 71.7 Å². The third-order valence-corrected chi connectivity index (χ3v) is 5.51. The van der Waals surface area contributed by atoms with Crippen LogP contribution in [0.5, 0.6) is 0 Å². The molecule has 0 radical (unpaired) electrons. The fourth-order valence-corrected chi connectivity index (χ4v) is 3.68. The second-order valence-corrected chi connectivity index (χ2v) is 7.71. The summed E-state index contributed by atoms with van der Waals surface area (Å²) in [6.45, 7) is 3.33. The maximum Gasteiger partial charge on any atom is 0.242 e. The fraction of sp³-hybridized carbons (Fsp3) is 0.360. The van der Waals surface area contributed by atoms with Crippen LogP contribution in [0.2, 0.25) is 0 Å². The summed E-state index contributed by atoms with van der Waals surface area (Å²) in [5.74, 6) is -0.550. The number of methoxy groups -OCH3 is 1. The van der Waals surface area contributed by atoms with Crippen molar-refractivity contribution in [2.75, 3.05) is 33.4 Å². The summed E-state index contributed by atoms with van der Waals surface area (Å²) in [6, 6.07) is 14.2. The number of H-pyrrole nitrogens is 1. The van der Waals surface area contributed by atoms with Gasteiger partial charge in [0.25, 0.3) is 0 Å². The van der Waals surface area contributed by atoms with Crippen LogP contribution in [0.25, 0.3) is 10.9 Å². The third kappa shape index (κ3) is 6.17. The van der Waals surface area contributed by atoms with Gasteiger partial charge in [0.1, 0.15) is 5.82 Å². The SMILES string of the molecule is CCC(=O)N(CCOC)CC(=O)N(CCc1c[nH]c2ccccc12)Cc1ccc(F)cc1. The molecule has 0 aliphatic carbocycles. The quantitative estimate of drug-likeness (QED) is 0.495. The Morgan fingerprint density at radius 2 is 1.75 bits per heavy atom. The van der Waals surface area contributed by atoms with Gasteiger partial charge in [0.2, 0.25) is 11.8 Å². The lowest BCUT2D eigenvalue weighted by atomic mass is 10.1. The maximum atomic E-state index is 13.3. The molecule has 1 N–H and O–H groups in total. The molecule has 0 aliphatic rings. The number of halogens is 1. The average molecular weight is 440 g/mol. The molecule has 0 unspecified atom stereocenters. The average Bonchev–Trinajstić information content (AvgIpc) is 3.23. The Morgan fingerprint density at radius 3 is 2.47 bits per heavy atom. The van der Waals surface area contributed by atoms with Crippen molar-refractivity contribution in [1.82, 2.24) is 14.8 Å². The van der Waals surface area contributed by atoms with E-state index >= 15 is 0 Å². The molecule has 0 saturated carbocycles. The number of aromatic amines is 1. The molecule has 0 atom stereocenters. The number of carbonyl (C=O) groups is 2. The van der Waals surface area contributed by atoms with Crippen LogP contribution in [0.15, 0.2) is 54.7 Å². The standard InChI is InChI=1S/C25H30FN3O3/c1-3-24(30)29(14-15-32-2)18-25(31)28(17-19-8-10-21(26)11-9-19)13-12-20-16-27-23-7-5-4-6-22(20)23/h4-11,16,27H,3,12-15,17-18H2,1-2H3. The molecular weight excluding hydrogens is 409 g/mol. The summed E-state index contributed by atoms with van der Waals surface area (Å²) in [7, 11) is 1.57. The lowest BCUT2D eigenvalue weighted by Gasteiger charge is -2.27. The van der Waals surface area contributed by atoms with Gasteiger partial charge in [-0.05, 0) is 35.7 Å². The molecule has 7 heteroatoms. The van der Waals surface area contributed by atoms with Crippen LogP contribution in [-0.4, -0.2) is 59.9 Å². The number of amides is 2. The normalized spacial score (nSPS) is 11.0. The van der Waals surface area contributed by atoms with E-state index in [2.05, 4.69) is 11.1 Å². The van der Waals surface area contributed by atoms with Gasteiger partial charge in [-0.2, -0.15) is 0 Å². The molecule has 6 nitrogen and oxygen atoms in total. The summed E-state index contributed by atoms with van der Waals surface area (Å²) < 4.78 is 18.4. The van der Waals surface area contributed by atoms with E-state index in [9.17, 15) is 14.0 Å². The monoisotopic (exact) mass is 439 g/mol. The van der Waals surface area contributed by atoms with Gasteiger partial charge in [-0.1, -0.05) is 37.3 Å². The number of hydrogen-bond donors (Lipinski definition) is 1. The Bertz CT molecular complexity index is 1030. The molecule has 0 saturated heterocycles. The zero-order valence-electron chi connectivity index (χ0n) is 18.6. The van der Waals surface area contributed by atoms with Gasteiger partial charge < -0.3 is 19.5 Å². The molecule has 1 aromatic heterocycles. The predicted molar refractivity (Wildman–Crippen MR) is 123 cm³/mol. The van der Waals surface area contributed by atoms with E-state index in [0.717, 1.165) is 22.0 Å². The Hall–Kier alpha value is -3.19. The molecule has 0 fully saturated rings. The van der Waals surface area contributed by atoms with E-state index in [0.29, 0.717) is 39.1 Å². The smallest absolute Gasteiger partial charge is 0.242 e. The van der Waals surface area contributed by atoms with Crippen molar-refractivity contribution in [2.24, 2.45) is 0 Å². The first-order chi connectivity index (χ1) is 15.5. The van der Waals surface area contributed by atoms with Crippen molar-refractivity contribution >= 4 is 22.7 Å². The first-order valence-electron chi connectivity index (χ1n) is 10.9. The summed E-state index contributed by atoms with van der Waals surface area (Å²) in [4.78, 5) is 32.1. The summed E-state index contributed by atoms with van der Waals surface area (Å²) in [5, 5.41) is 1.13. The minimum absolute atomic E-state index is 0.00882. The first kappa shape index (κ1) is 23.5. The second-order valence-electron chi connectivity index (χ2n) is 7.71.